The van der Waals surface area contributed by atoms with Crippen LogP contribution in [0.2, 0.25) is 0 Å². The number of carbonyl (C=O) groups is 1. The topological polar surface area (TPSA) is 46.3 Å². The summed E-state index contributed by atoms with van der Waals surface area (Å²) in [5.41, 5.74) is 7.10. The molecule has 0 saturated heterocycles. The molecule has 18 heavy (non-hydrogen) atoms. The van der Waals surface area contributed by atoms with Gasteiger partial charge in [-0.15, -0.1) is 0 Å². The SMILES string of the molecule is CCCN(Cc1ccccc1)C(=O)C(N)C(C)C. The zero-order valence-corrected chi connectivity index (χ0v) is 11.6. The van der Waals surface area contributed by atoms with Crippen molar-refractivity contribution in [2.45, 2.75) is 39.8 Å². The van der Waals surface area contributed by atoms with Gasteiger partial charge in [0.2, 0.25) is 5.91 Å². The van der Waals surface area contributed by atoms with E-state index in [-0.39, 0.29) is 11.8 Å². The second-order valence-electron chi connectivity index (χ2n) is 5.02. The second kappa shape index (κ2) is 7.17. The molecule has 0 bridgehead atoms. The number of carbonyl (C=O) groups excluding carboxylic acids is 1. The lowest BCUT2D eigenvalue weighted by molar-refractivity contribution is -0.134. The lowest BCUT2D eigenvalue weighted by Gasteiger charge is -2.27. The highest BCUT2D eigenvalue weighted by atomic mass is 16.2. The van der Waals surface area contributed by atoms with Gasteiger partial charge in [-0.05, 0) is 17.9 Å². The van der Waals surface area contributed by atoms with Crippen molar-refractivity contribution >= 4 is 5.91 Å². The van der Waals surface area contributed by atoms with Crippen molar-refractivity contribution in [2.24, 2.45) is 11.7 Å². The fraction of sp³-hybridized carbons (Fsp3) is 0.533. The van der Waals surface area contributed by atoms with E-state index < -0.39 is 6.04 Å². The smallest absolute Gasteiger partial charge is 0.240 e. The van der Waals surface area contributed by atoms with Gasteiger partial charge in [0, 0.05) is 13.1 Å². The summed E-state index contributed by atoms with van der Waals surface area (Å²) < 4.78 is 0. The molecule has 0 heterocycles. The molecule has 0 radical (unpaired) electrons. The van der Waals surface area contributed by atoms with Crippen molar-refractivity contribution in [1.82, 2.24) is 4.90 Å². The van der Waals surface area contributed by atoms with Crippen molar-refractivity contribution in [3.8, 4) is 0 Å². The fourth-order valence-corrected chi connectivity index (χ4v) is 1.84. The lowest BCUT2D eigenvalue weighted by Crippen LogP contribution is -2.46. The molecule has 0 aliphatic heterocycles. The molecule has 1 rings (SSSR count). The Bertz CT molecular complexity index is 362. The van der Waals surface area contributed by atoms with Gasteiger partial charge in [-0.1, -0.05) is 51.1 Å². The molecule has 1 amide bonds. The molecular weight excluding hydrogens is 224 g/mol. The first-order chi connectivity index (χ1) is 8.56. The van der Waals surface area contributed by atoms with Crippen molar-refractivity contribution in [1.29, 1.82) is 0 Å². The summed E-state index contributed by atoms with van der Waals surface area (Å²) in [7, 11) is 0. The van der Waals surface area contributed by atoms with Crippen LogP contribution in [0.3, 0.4) is 0 Å². The van der Waals surface area contributed by atoms with Crippen LogP contribution < -0.4 is 5.73 Å². The minimum absolute atomic E-state index is 0.0516. The zero-order valence-electron chi connectivity index (χ0n) is 11.6. The average Bonchev–Trinajstić information content (AvgIpc) is 2.37. The lowest BCUT2D eigenvalue weighted by atomic mass is 10.0. The maximum atomic E-state index is 12.3. The van der Waals surface area contributed by atoms with Gasteiger partial charge < -0.3 is 10.6 Å². The number of hydrogen-bond acceptors (Lipinski definition) is 2. The van der Waals surface area contributed by atoms with E-state index in [0.29, 0.717) is 6.54 Å². The third-order valence-electron chi connectivity index (χ3n) is 3.02. The first-order valence-electron chi connectivity index (χ1n) is 6.64. The van der Waals surface area contributed by atoms with Crippen LogP contribution in [0.25, 0.3) is 0 Å². The van der Waals surface area contributed by atoms with Crippen molar-refractivity contribution in [3.05, 3.63) is 35.9 Å². The highest BCUT2D eigenvalue weighted by Gasteiger charge is 2.22. The summed E-state index contributed by atoms with van der Waals surface area (Å²) in [4.78, 5) is 14.1. The van der Waals surface area contributed by atoms with E-state index in [1.54, 1.807) is 0 Å². The minimum atomic E-state index is -0.403. The number of hydrogen-bond donors (Lipinski definition) is 1. The van der Waals surface area contributed by atoms with E-state index in [1.807, 2.05) is 49.1 Å². The van der Waals surface area contributed by atoms with Crippen LogP contribution in [0.4, 0.5) is 0 Å². The van der Waals surface area contributed by atoms with E-state index in [9.17, 15) is 4.79 Å². The highest BCUT2D eigenvalue weighted by Crippen LogP contribution is 2.09. The van der Waals surface area contributed by atoms with Crippen LogP contribution in [0, 0.1) is 5.92 Å². The Morgan fingerprint density at radius 1 is 1.28 bits per heavy atom. The standard InChI is InChI=1S/C15H24N2O/c1-4-10-17(15(18)14(16)12(2)3)11-13-8-6-5-7-9-13/h5-9,12,14H,4,10-11,16H2,1-3H3. The molecule has 1 aromatic rings. The molecule has 1 aromatic carbocycles. The molecule has 3 heteroatoms. The van der Waals surface area contributed by atoms with Gasteiger partial charge in [-0.25, -0.2) is 0 Å². The van der Waals surface area contributed by atoms with Gasteiger partial charge in [0.05, 0.1) is 6.04 Å². The molecule has 0 fully saturated rings. The maximum Gasteiger partial charge on any atom is 0.240 e. The first-order valence-corrected chi connectivity index (χ1v) is 6.64. The summed E-state index contributed by atoms with van der Waals surface area (Å²) in [6, 6.07) is 9.64. The van der Waals surface area contributed by atoms with Gasteiger partial charge in [0.1, 0.15) is 0 Å². The van der Waals surface area contributed by atoms with Crippen molar-refractivity contribution < 1.29 is 4.79 Å². The van der Waals surface area contributed by atoms with Crippen LogP contribution in [0.1, 0.15) is 32.8 Å². The van der Waals surface area contributed by atoms with Gasteiger partial charge in [-0.3, -0.25) is 4.79 Å². The Morgan fingerprint density at radius 2 is 1.89 bits per heavy atom. The van der Waals surface area contributed by atoms with Crippen LogP contribution in [0.15, 0.2) is 30.3 Å². The summed E-state index contributed by atoms with van der Waals surface area (Å²) in [6.07, 6.45) is 0.948. The van der Waals surface area contributed by atoms with E-state index in [0.717, 1.165) is 18.5 Å². The van der Waals surface area contributed by atoms with Crippen LogP contribution >= 0.6 is 0 Å². The average molecular weight is 248 g/mol. The Kier molecular flexibility index (Phi) is 5.86. The number of benzene rings is 1. The van der Waals surface area contributed by atoms with Crippen LogP contribution in [0.5, 0.6) is 0 Å². The Hall–Kier alpha value is -1.35. The van der Waals surface area contributed by atoms with E-state index in [4.69, 9.17) is 5.73 Å². The third kappa shape index (κ3) is 4.15. The first kappa shape index (κ1) is 14.7. The molecule has 0 aliphatic carbocycles. The summed E-state index contributed by atoms with van der Waals surface area (Å²) in [6.45, 7) is 7.44. The van der Waals surface area contributed by atoms with E-state index in [2.05, 4.69) is 6.92 Å². The zero-order chi connectivity index (χ0) is 13.5. The molecule has 1 unspecified atom stereocenters. The largest absolute Gasteiger partial charge is 0.337 e. The Labute approximate surface area is 110 Å². The summed E-state index contributed by atoms with van der Waals surface area (Å²) in [5, 5.41) is 0. The quantitative estimate of drug-likeness (QED) is 0.840. The predicted molar refractivity (Wildman–Crippen MR) is 75.0 cm³/mol. The van der Waals surface area contributed by atoms with Gasteiger partial charge in [0.15, 0.2) is 0 Å². The molecule has 0 saturated carbocycles. The Balaban J connectivity index is 2.73. The van der Waals surface area contributed by atoms with Crippen molar-refractivity contribution in [2.75, 3.05) is 6.54 Å². The molecule has 0 aromatic heterocycles. The van der Waals surface area contributed by atoms with Gasteiger partial charge >= 0.3 is 0 Å². The number of rotatable bonds is 6. The second-order valence-corrected chi connectivity index (χ2v) is 5.02. The molecular formula is C15H24N2O. The van der Waals surface area contributed by atoms with Gasteiger partial charge in [0.25, 0.3) is 0 Å². The van der Waals surface area contributed by atoms with Crippen LogP contribution in [-0.4, -0.2) is 23.4 Å². The van der Waals surface area contributed by atoms with E-state index >= 15 is 0 Å². The molecule has 3 nitrogen and oxygen atoms in total. The number of nitrogens with zero attached hydrogens (tertiary/aromatic N) is 1. The van der Waals surface area contributed by atoms with Gasteiger partial charge in [-0.2, -0.15) is 0 Å². The highest BCUT2D eigenvalue weighted by molar-refractivity contribution is 5.81. The summed E-state index contributed by atoms with van der Waals surface area (Å²) >= 11 is 0. The number of amides is 1. The monoisotopic (exact) mass is 248 g/mol. The Morgan fingerprint density at radius 3 is 2.39 bits per heavy atom. The molecule has 0 aliphatic rings. The molecule has 2 N–H and O–H groups in total. The molecule has 0 spiro atoms. The van der Waals surface area contributed by atoms with Crippen LogP contribution in [-0.2, 0) is 11.3 Å². The maximum absolute atomic E-state index is 12.3. The normalized spacial score (nSPS) is 12.5. The molecule has 100 valence electrons. The number of nitrogens with two attached hydrogens (primary N) is 1. The van der Waals surface area contributed by atoms with E-state index in [1.165, 1.54) is 0 Å². The third-order valence-corrected chi connectivity index (χ3v) is 3.02. The fourth-order valence-electron chi connectivity index (χ4n) is 1.84. The summed E-state index contributed by atoms with van der Waals surface area (Å²) in [5.74, 6) is 0.225. The minimum Gasteiger partial charge on any atom is -0.337 e. The molecule has 1 atom stereocenters. The predicted octanol–water partition coefficient (Wildman–Crippen LogP) is 2.41. The van der Waals surface area contributed by atoms with Crippen molar-refractivity contribution in [3.63, 3.8) is 0 Å².